The molecule has 3 nitrogen and oxygen atoms in total. The average molecular weight is 284 g/mol. The molecule has 106 valence electrons. The SMILES string of the molecule is CC(C)CNCc1ccc(OC2CCOC2)c(Cl)c1. The third kappa shape index (κ3) is 4.68. The summed E-state index contributed by atoms with van der Waals surface area (Å²) in [7, 11) is 0. The van der Waals surface area contributed by atoms with Crippen LogP contribution < -0.4 is 10.1 Å². The lowest BCUT2D eigenvalue weighted by molar-refractivity contribution is 0.141. The quantitative estimate of drug-likeness (QED) is 0.869. The monoisotopic (exact) mass is 283 g/mol. The summed E-state index contributed by atoms with van der Waals surface area (Å²) < 4.78 is 11.1. The zero-order valence-corrected chi connectivity index (χ0v) is 12.4. The number of hydrogen-bond acceptors (Lipinski definition) is 3. The first-order valence-electron chi connectivity index (χ1n) is 6.88. The summed E-state index contributed by atoms with van der Waals surface area (Å²) in [5.74, 6) is 1.41. The predicted octanol–water partition coefficient (Wildman–Crippen LogP) is 3.25. The highest BCUT2D eigenvalue weighted by Gasteiger charge is 2.18. The van der Waals surface area contributed by atoms with E-state index in [1.807, 2.05) is 12.1 Å². The fourth-order valence-corrected chi connectivity index (χ4v) is 2.29. The van der Waals surface area contributed by atoms with Crippen LogP contribution in [-0.4, -0.2) is 25.9 Å². The molecule has 1 unspecified atom stereocenters. The normalized spacial score (nSPS) is 19.1. The van der Waals surface area contributed by atoms with Crippen molar-refractivity contribution in [1.82, 2.24) is 5.32 Å². The molecule has 1 atom stereocenters. The van der Waals surface area contributed by atoms with Crippen molar-refractivity contribution in [3.8, 4) is 5.75 Å². The van der Waals surface area contributed by atoms with Crippen LogP contribution in [0.5, 0.6) is 5.75 Å². The zero-order chi connectivity index (χ0) is 13.7. The van der Waals surface area contributed by atoms with E-state index in [4.69, 9.17) is 21.1 Å². The molecule has 0 spiro atoms. The summed E-state index contributed by atoms with van der Waals surface area (Å²) in [4.78, 5) is 0. The maximum atomic E-state index is 6.26. The summed E-state index contributed by atoms with van der Waals surface area (Å²) >= 11 is 6.26. The Morgan fingerprint density at radius 2 is 2.32 bits per heavy atom. The van der Waals surface area contributed by atoms with Gasteiger partial charge in [-0.1, -0.05) is 31.5 Å². The highest BCUT2D eigenvalue weighted by molar-refractivity contribution is 6.32. The van der Waals surface area contributed by atoms with Gasteiger partial charge < -0.3 is 14.8 Å². The summed E-state index contributed by atoms with van der Waals surface area (Å²) in [6.45, 7) is 7.68. The Morgan fingerprint density at radius 3 is 2.95 bits per heavy atom. The van der Waals surface area contributed by atoms with Gasteiger partial charge in [-0.2, -0.15) is 0 Å². The highest BCUT2D eigenvalue weighted by atomic mass is 35.5. The van der Waals surface area contributed by atoms with E-state index < -0.39 is 0 Å². The summed E-state index contributed by atoms with van der Waals surface area (Å²) in [5, 5.41) is 4.08. The van der Waals surface area contributed by atoms with Gasteiger partial charge in [0.25, 0.3) is 0 Å². The van der Waals surface area contributed by atoms with Crippen LogP contribution in [0.2, 0.25) is 5.02 Å². The van der Waals surface area contributed by atoms with Crippen LogP contribution >= 0.6 is 11.6 Å². The molecule has 2 rings (SSSR count). The second-order valence-electron chi connectivity index (χ2n) is 5.39. The lowest BCUT2D eigenvalue weighted by Gasteiger charge is -2.14. The molecule has 1 heterocycles. The van der Waals surface area contributed by atoms with Gasteiger partial charge in [0, 0.05) is 13.0 Å². The minimum Gasteiger partial charge on any atom is -0.486 e. The van der Waals surface area contributed by atoms with E-state index in [1.165, 1.54) is 5.56 Å². The van der Waals surface area contributed by atoms with Crippen LogP contribution in [0, 0.1) is 5.92 Å². The Bertz CT molecular complexity index is 403. The minimum absolute atomic E-state index is 0.141. The molecule has 0 amide bonds. The van der Waals surface area contributed by atoms with Crippen molar-refractivity contribution in [1.29, 1.82) is 0 Å². The van der Waals surface area contributed by atoms with Gasteiger partial charge in [0.05, 0.1) is 18.2 Å². The lowest BCUT2D eigenvalue weighted by atomic mass is 10.2. The number of nitrogens with one attached hydrogen (secondary N) is 1. The highest BCUT2D eigenvalue weighted by Crippen LogP contribution is 2.27. The topological polar surface area (TPSA) is 30.5 Å². The maximum Gasteiger partial charge on any atom is 0.138 e. The number of ether oxygens (including phenoxy) is 2. The molecular formula is C15H22ClNO2. The van der Waals surface area contributed by atoms with Gasteiger partial charge in [-0.05, 0) is 30.2 Å². The van der Waals surface area contributed by atoms with Gasteiger partial charge in [0.1, 0.15) is 11.9 Å². The van der Waals surface area contributed by atoms with Crippen LogP contribution in [0.1, 0.15) is 25.8 Å². The van der Waals surface area contributed by atoms with Gasteiger partial charge in [0.15, 0.2) is 0 Å². The largest absolute Gasteiger partial charge is 0.486 e. The van der Waals surface area contributed by atoms with Crippen molar-refractivity contribution in [3.63, 3.8) is 0 Å². The Balaban J connectivity index is 1.88. The Hall–Kier alpha value is -0.770. The summed E-state index contributed by atoms with van der Waals surface area (Å²) in [6, 6.07) is 5.98. The number of rotatable bonds is 6. The minimum atomic E-state index is 0.141. The molecular weight excluding hydrogens is 262 g/mol. The number of halogens is 1. The third-order valence-electron chi connectivity index (χ3n) is 3.06. The van der Waals surface area contributed by atoms with E-state index in [9.17, 15) is 0 Å². The molecule has 0 aromatic heterocycles. The molecule has 1 fully saturated rings. The van der Waals surface area contributed by atoms with Crippen molar-refractivity contribution >= 4 is 11.6 Å². The molecule has 0 saturated carbocycles. The summed E-state index contributed by atoms with van der Waals surface area (Å²) in [6.07, 6.45) is 1.08. The third-order valence-corrected chi connectivity index (χ3v) is 3.35. The average Bonchev–Trinajstić information content (AvgIpc) is 2.85. The molecule has 1 aliphatic rings. The van der Waals surface area contributed by atoms with E-state index in [2.05, 4.69) is 25.2 Å². The fourth-order valence-electron chi connectivity index (χ4n) is 2.04. The molecule has 1 aliphatic heterocycles. The van der Waals surface area contributed by atoms with E-state index >= 15 is 0 Å². The molecule has 1 N–H and O–H groups in total. The molecule has 0 bridgehead atoms. The van der Waals surface area contributed by atoms with E-state index in [-0.39, 0.29) is 6.10 Å². The van der Waals surface area contributed by atoms with Crippen molar-refractivity contribution in [2.45, 2.75) is 32.9 Å². The molecule has 4 heteroatoms. The van der Waals surface area contributed by atoms with Crippen molar-refractivity contribution in [2.75, 3.05) is 19.8 Å². The first-order chi connectivity index (χ1) is 9.15. The van der Waals surface area contributed by atoms with E-state index in [0.717, 1.165) is 31.9 Å². The van der Waals surface area contributed by atoms with E-state index in [1.54, 1.807) is 0 Å². The molecule has 0 aliphatic carbocycles. The van der Waals surface area contributed by atoms with Gasteiger partial charge in [0.2, 0.25) is 0 Å². The zero-order valence-electron chi connectivity index (χ0n) is 11.6. The van der Waals surface area contributed by atoms with Crippen LogP contribution in [0.15, 0.2) is 18.2 Å². The van der Waals surface area contributed by atoms with Crippen LogP contribution in [-0.2, 0) is 11.3 Å². The van der Waals surface area contributed by atoms with Crippen LogP contribution in [0.3, 0.4) is 0 Å². The first-order valence-corrected chi connectivity index (χ1v) is 7.26. The summed E-state index contributed by atoms with van der Waals surface area (Å²) in [5.41, 5.74) is 1.18. The molecule has 1 aromatic carbocycles. The second kappa shape index (κ2) is 7.13. The first kappa shape index (κ1) is 14.6. The molecule has 1 saturated heterocycles. The van der Waals surface area contributed by atoms with Gasteiger partial charge >= 0.3 is 0 Å². The molecule has 19 heavy (non-hydrogen) atoms. The molecule has 1 aromatic rings. The van der Waals surface area contributed by atoms with Gasteiger partial charge in [-0.25, -0.2) is 0 Å². The number of benzene rings is 1. The van der Waals surface area contributed by atoms with Crippen molar-refractivity contribution in [3.05, 3.63) is 28.8 Å². The van der Waals surface area contributed by atoms with Crippen molar-refractivity contribution in [2.24, 2.45) is 5.92 Å². The van der Waals surface area contributed by atoms with Crippen LogP contribution in [0.25, 0.3) is 0 Å². The van der Waals surface area contributed by atoms with Gasteiger partial charge in [-0.15, -0.1) is 0 Å². The second-order valence-corrected chi connectivity index (χ2v) is 5.80. The Morgan fingerprint density at radius 1 is 1.47 bits per heavy atom. The van der Waals surface area contributed by atoms with Crippen LogP contribution in [0.4, 0.5) is 0 Å². The standard InChI is InChI=1S/C15H22ClNO2/c1-11(2)8-17-9-12-3-4-15(14(16)7-12)19-13-5-6-18-10-13/h3-4,7,11,13,17H,5-6,8-10H2,1-2H3. The van der Waals surface area contributed by atoms with Gasteiger partial charge in [-0.3, -0.25) is 0 Å². The fraction of sp³-hybridized carbons (Fsp3) is 0.600. The maximum absolute atomic E-state index is 6.26. The number of hydrogen-bond donors (Lipinski definition) is 1. The van der Waals surface area contributed by atoms with E-state index in [0.29, 0.717) is 17.5 Å². The Kier molecular flexibility index (Phi) is 5.49. The Labute approximate surface area is 120 Å². The van der Waals surface area contributed by atoms with Crippen molar-refractivity contribution < 1.29 is 9.47 Å². The molecule has 0 radical (unpaired) electrons. The lowest BCUT2D eigenvalue weighted by Crippen LogP contribution is -2.19. The predicted molar refractivity (Wildman–Crippen MR) is 77.8 cm³/mol. The smallest absolute Gasteiger partial charge is 0.138 e.